The van der Waals surface area contributed by atoms with Gasteiger partial charge in [-0.2, -0.15) is 4.98 Å². The molecule has 0 bridgehead atoms. The fourth-order valence-electron chi connectivity index (χ4n) is 2.39. The summed E-state index contributed by atoms with van der Waals surface area (Å²) in [5, 5.41) is 13.5. The van der Waals surface area contributed by atoms with Gasteiger partial charge in [-0.15, -0.1) is 0 Å². The summed E-state index contributed by atoms with van der Waals surface area (Å²) < 4.78 is 11.0. The number of hydrogen-bond donors (Lipinski definition) is 1. The van der Waals surface area contributed by atoms with Crippen LogP contribution in [0.2, 0.25) is 0 Å². The molecule has 0 saturated heterocycles. The SMILES string of the molecule is CCOC(C)(C)c1noc(C2CCC(O)CC2)n1. The Morgan fingerprint density at radius 2 is 2.00 bits per heavy atom. The Hall–Kier alpha value is -0.940. The lowest BCUT2D eigenvalue weighted by Gasteiger charge is -2.22. The van der Waals surface area contributed by atoms with Crippen LogP contribution in [0.5, 0.6) is 0 Å². The van der Waals surface area contributed by atoms with Crippen molar-refractivity contribution in [1.29, 1.82) is 0 Å². The van der Waals surface area contributed by atoms with Crippen molar-refractivity contribution in [3.63, 3.8) is 0 Å². The molecule has 0 atom stereocenters. The van der Waals surface area contributed by atoms with Crippen LogP contribution in [0.15, 0.2) is 4.52 Å². The summed E-state index contributed by atoms with van der Waals surface area (Å²) in [6.45, 7) is 6.45. The molecule has 0 aliphatic heterocycles. The largest absolute Gasteiger partial charge is 0.393 e. The maximum absolute atomic E-state index is 9.49. The zero-order chi connectivity index (χ0) is 13.2. The Balaban J connectivity index is 2.06. The molecule has 1 fully saturated rings. The summed E-state index contributed by atoms with van der Waals surface area (Å²) in [6, 6.07) is 0. The van der Waals surface area contributed by atoms with Gasteiger partial charge in [0.05, 0.1) is 6.10 Å². The lowest BCUT2D eigenvalue weighted by Crippen LogP contribution is -2.23. The van der Waals surface area contributed by atoms with Gasteiger partial charge in [-0.1, -0.05) is 5.16 Å². The molecule has 1 aliphatic carbocycles. The first-order chi connectivity index (χ1) is 8.53. The standard InChI is InChI=1S/C13H22N2O3/c1-4-17-13(2,3)12-14-11(18-15-12)9-5-7-10(16)8-6-9/h9-10,16H,4-8H2,1-3H3. The number of nitrogens with zero attached hydrogens (tertiary/aromatic N) is 2. The van der Waals surface area contributed by atoms with Crippen molar-refractivity contribution in [2.45, 2.75) is 64.1 Å². The minimum Gasteiger partial charge on any atom is -0.393 e. The first kappa shape index (κ1) is 13.5. The van der Waals surface area contributed by atoms with Gasteiger partial charge in [0.25, 0.3) is 0 Å². The van der Waals surface area contributed by atoms with Crippen molar-refractivity contribution in [1.82, 2.24) is 10.1 Å². The fraction of sp³-hybridized carbons (Fsp3) is 0.846. The van der Waals surface area contributed by atoms with Gasteiger partial charge in [-0.3, -0.25) is 0 Å². The van der Waals surface area contributed by atoms with Crippen molar-refractivity contribution in [2.75, 3.05) is 6.61 Å². The first-order valence-corrected chi connectivity index (χ1v) is 6.69. The first-order valence-electron chi connectivity index (χ1n) is 6.69. The lowest BCUT2D eigenvalue weighted by atomic mass is 9.87. The van der Waals surface area contributed by atoms with E-state index in [0.717, 1.165) is 25.7 Å². The van der Waals surface area contributed by atoms with E-state index in [1.165, 1.54) is 0 Å². The maximum Gasteiger partial charge on any atom is 0.229 e. The molecule has 2 rings (SSSR count). The third-order valence-electron chi connectivity index (χ3n) is 3.53. The van der Waals surface area contributed by atoms with Crippen LogP contribution >= 0.6 is 0 Å². The van der Waals surface area contributed by atoms with E-state index in [9.17, 15) is 5.11 Å². The number of rotatable bonds is 4. The van der Waals surface area contributed by atoms with Crippen LogP contribution in [-0.2, 0) is 10.3 Å². The van der Waals surface area contributed by atoms with Crippen molar-refractivity contribution in [2.24, 2.45) is 0 Å². The quantitative estimate of drug-likeness (QED) is 0.893. The molecule has 0 unspecified atom stereocenters. The van der Waals surface area contributed by atoms with Gasteiger partial charge in [0.2, 0.25) is 11.7 Å². The molecule has 5 heteroatoms. The Morgan fingerprint density at radius 1 is 1.33 bits per heavy atom. The smallest absolute Gasteiger partial charge is 0.229 e. The zero-order valence-corrected chi connectivity index (χ0v) is 11.3. The average molecular weight is 254 g/mol. The molecule has 1 aliphatic rings. The topological polar surface area (TPSA) is 68.4 Å². The van der Waals surface area contributed by atoms with Crippen LogP contribution in [0.3, 0.4) is 0 Å². The minimum atomic E-state index is -0.509. The van der Waals surface area contributed by atoms with Gasteiger partial charge < -0.3 is 14.4 Å². The van der Waals surface area contributed by atoms with Crippen molar-refractivity contribution in [3.05, 3.63) is 11.7 Å². The van der Waals surface area contributed by atoms with Crippen molar-refractivity contribution in [3.8, 4) is 0 Å². The second-order valence-corrected chi connectivity index (χ2v) is 5.40. The van der Waals surface area contributed by atoms with Crippen molar-refractivity contribution >= 4 is 0 Å². The van der Waals surface area contributed by atoms with Gasteiger partial charge >= 0.3 is 0 Å². The maximum atomic E-state index is 9.49. The van der Waals surface area contributed by atoms with Gasteiger partial charge in [-0.25, -0.2) is 0 Å². The van der Waals surface area contributed by atoms with Crippen LogP contribution in [-0.4, -0.2) is 28.0 Å². The van der Waals surface area contributed by atoms with E-state index in [1.54, 1.807) is 0 Å². The molecule has 0 spiro atoms. The molecule has 18 heavy (non-hydrogen) atoms. The van der Waals surface area contributed by atoms with E-state index >= 15 is 0 Å². The molecule has 1 N–H and O–H groups in total. The summed E-state index contributed by atoms with van der Waals surface area (Å²) in [5.41, 5.74) is -0.509. The van der Waals surface area contributed by atoms with Crippen LogP contribution in [0, 0.1) is 0 Å². The number of ether oxygens (including phenoxy) is 1. The summed E-state index contributed by atoms with van der Waals surface area (Å²) in [6.07, 6.45) is 3.30. The summed E-state index contributed by atoms with van der Waals surface area (Å²) >= 11 is 0. The molecule has 0 radical (unpaired) electrons. The predicted octanol–water partition coefficient (Wildman–Crippen LogP) is 2.36. The Kier molecular flexibility index (Phi) is 4.02. The molecule has 1 heterocycles. The number of aliphatic hydroxyl groups is 1. The highest BCUT2D eigenvalue weighted by Crippen LogP contribution is 2.33. The molecule has 1 saturated carbocycles. The van der Waals surface area contributed by atoms with Gasteiger partial charge in [-0.05, 0) is 46.5 Å². The van der Waals surface area contributed by atoms with E-state index in [0.29, 0.717) is 18.3 Å². The Labute approximate surface area is 108 Å². The Bertz CT molecular complexity index is 381. The molecule has 5 nitrogen and oxygen atoms in total. The third-order valence-corrected chi connectivity index (χ3v) is 3.53. The molecule has 0 aromatic carbocycles. The van der Waals surface area contributed by atoms with E-state index in [4.69, 9.17) is 9.26 Å². The highest BCUT2D eigenvalue weighted by Gasteiger charge is 2.30. The highest BCUT2D eigenvalue weighted by atomic mass is 16.5. The summed E-state index contributed by atoms with van der Waals surface area (Å²) in [4.78, 5) is 4.46. The number of aliphatic hydroxyl groups excluding tert-OH is 1. The van der Waals surface area contributed by atoms with E-state index in [2.05, 4.69) is 10.1 Å². The normalized spacial score (nSPS) is 25.3. The van der Waals surface area contributed by atoms with Gasteiger partial charge in [0.15, 0.2) is 0 Å². The molecule has 1 aromatic heterocycles. The van der Waals surface area contributed by atoms with Crippen molar-refractivity contribution < 1.29 is 14.4 Å². The van der Waals surface area contributed by atoms with Gasteiger partial charge in [0.1, 0.15) is 5.60 Å². The zero-order valence-electron chi connectivity index (χ0n) is 11.3. The molecule has 0 amide bonds. The summed E-state index contributed by atoms with van der Waals surface area (Å²) in [7, 11) is 0. The second-order valence-electron chi connectivity index (χ2n) is 5.40. The lowest BCUT2D eigenvalue weighted by molar-refractivity contribution is -0.0221. The van der Waals surface area contributed by atoms with E-state index in [-0.39, 0.29) is 12.0 Å². The fourth-order valence-corrected chi connectivity index (χ4v) is 2.39. The van der Waals surface area contributed by atoms with Gasteiger partial charge in [0, 0.05) is 12.5 Å². The number of hydrogen-bond acceptors (Lipinski definition) is 5. The van der Waals surface area contributed by atoms with E-state index < -0.39 is 5.60 Å². The average Bonchev–Trinajstić information content (AvgIpc) is 2.80. The molecular weight excluding hydrogens is 232 g/mol. The highest BCUT2D eigenvalue weighted by molar-refractivity contribution is 5.01. The molecule has 102 valence electrons. The third kappa shape index (κ3) is 2.90. The molecular formula is C13H22N2O3. The Morgan fingerprint density at radius 3 is 2.61 bits per heavy atom. The van der Waals surface area contributed by atoms with Crippen LogP contribution in [0.25, 0.3) is 0 Å². The van der Waals surface area contributed by atoms with E-state index in [1.807, 2.05) is 20.8 Å². The van der Waals surface area contributed by atoms with Crippen LogP contribution in [0.4, 0.5) is 0 Å². The number of aromatic nitrogens is 2. The monoisotopic (exact) mass is 254 g/mol. The molecule has 1 aromatic rings. The van der Waals surface area contributed by atoms with Crippen LogP contribution in [0.1, 0.15) is 64.1 Å². The minimum absolute atomic E-state index is 0.163. The predicted molar refractivity (Wildman–Crippen MR) is 66.2 cm³/mol. The summed E-state index contributed by atoms with van der Waals surface area (Å²) in [5.74, 6) is 1.57. The van der Waals surface area contributed by atoms with Crippen LogP contribution < -0.4 is 0 Å². The second kappa shape index (κ2) is 5.36.